The molecular formula is C13H17NO4S. The summed E-state index contributed by atoms with van der Waals surface area (Å²) in [4.78, 5) is 5.06. The van der Waals surface area contributed by atoms with Crippen LogP contribution in [-0.2, 0) is 14.7 Å². The van der Waals surface area contributed by atoms with E-state index in [0.29, 0.717) is 5.75 Å². The lowest BCUT2D eigenvalue weighted by atomic mass is 10.1. The third-order valence-corrected chi connectivity index (χ3v) is 4.10. The molecule has 0 aliphatic carbocycles. The van der Waals surface area contributed by atoms with E-state index in [2.05, 4.69) is 5.16 Å². The first kappa shape index (κ1) is 13.9. The van der Waals surface area contributed by atoms with E-state index in [-0.39, 0.29) is 11.5 Å². The molecule has 104 valence electrons. The summed E-state index contributed by atoms with van der Waals surface area (Å²) >= 11 is 0. The van der Waals surface area contributed by atoms with Crippen LogP contribution in [0.3, 0.4) is 0 Å². The number of rotatable bonds is 3. The predicted molar refractivity (Wildman–Crippen MR) is 72.8 cm³/mol. The normalized spacial score (nSPS) is 17.7. The molecule has 1 aliphatic rings. The highest BCUT2D eigenvalue weighted by atomic mass is 32.2. The Morgan fingerprint density at radius 2 is 1.95 bits per heavy atom. The van der Waals surface area contributed by atoms with Crippen molar-refractivity contribution < 1.29 is 18.0 Å². The lowest BCUT2D eigenvalue weighted by Crippen LogP contribution is -2.25. The zero-order valence-electron chi connectivity index (χ0n) is 11.2. The summed E-state index contributed by atoms with van der Waals surface area (Å²) in [7, 11) is -3.54. The molecule has 0 radical (unpaired) electrons. The van der Waals surface area contributed by atoms with Crippen LogP contribution in [0, 0.1) is 6.92 Å². The minimum Gasteiger partial charge on any atom is -0.477 e. The molecule has 0 spiro atoms. The fourth-order valence-electron chi connectivity index (χ4n) is 1.62. The van der Waals surface area contributed by atoms with Gasteiger partial charge in [0.2, 0.25) is 9.84 Å². The van der Waals surface area contributed by atoms with E-state index in [0.717, 1.165) is 5.56 Å². The van der Waals surface area contributed by atoms with E-state index >= 15 is 0 Å². The van der Waals surface area contributed by atoms with Crippen LogP contribution >= 0.6 is 0 Å². The van der Waals surface area contributed by atoms with E-state index < -0.39 is 21.4 Å². The molecule has 0 amide bonds. The number of nitrogens with zero attached hydrogens (tertiary/aromatic N) is 1. The van der Waals surface area contributed by atoms with Gasteiger partial charge in [-0.25, -0.2) is 8.42 Å². The molecule has 0 unspecified atom stereocenters. The molecule has 0 aromatic heterocycles. The first-order valence-electron chi connectivity index (χ1n) is 5.96. The number of sulfone groups is 1. The Bertz CT molecular complexity index is 588. The fraction of sp³-hybridized carbons (Fsp3) is 0.462. The van der Waals surface area contributed by atoms with Gasteiger partial charge >= 0.3 is 0 Å². The van der Waals surface area contributed by atoms with E-state index in [4.69, 9.17) is 9.57 Å². The number of hydrogen-bond donors (Lipinski definition) is 0. The maximum absolute atomic E-state index is 12.0. The Hall–Kier alpha value is -1.56. The Morgan fingerprint density at radius 1 is 1.32 bits per heavy atom. The van der Waals surface area contributed by atoms with Crippen LogP contribution in [0.4, 0.5) is 0 Å². The van der Waals surface area contributed by atoms with Crippen LogP contribution in [0.2, 0.25) is 0 Å². The van der Waals surface area contributed by atoms with Crippen LogP contribution < -0.4 is 4.74 Å². The Morgan fingerprint density at radius 3 is 2.47 bits per heavy atom. The van der Waals surface area contributed by atoms with Crippen LogP contribution in [0.15, 0.2) is 29.4 Å². The van der Waals surface area contributed by atoms with Crippen molar-refractivity contribution >= 4 is 14.9 Å². The van der Waals surface area contributed by atoms with Gasteiger partial charge in [0.05, 0.1) is 0 Å². The molecule has 0 N–H and O–H groups in total. The van der Waals surface area contributed by atoms with Crippen LogP contribution in [0.25, 0.3) is 0 Å². The zero-order valence-corrected chi connectivity index (χ0v) is 12.0. The minimum absolute atomic E-state index is 0.0459. The lowest BCUT2D eigenvalue weighted by molar-refractivity contribution is 0.0123. The highest BCUT2D eigenvalue weighted by Gasteiger charge is 2.36. The predicted octanol–water partition coefficient (Wildman–Crippen LogP) is 2.26. The molecule has 0 bridgehead atoms. The van der Waals surface area contributed by atoms with E-state index in [9.17, 15) is 8.42 Å². The van der Waals surface area contributed by atoms with Gasteiger partial charge in [0.1, 0.15) is 11.4 Å². The number of benzene rings is 1. The summed E-state index contributed by atoms with van der Waals surface area (Å²) < 4.78 is 29.3. The summed E-state index contributed by atoms with van der Waals surface area (Å²) in [6.45, 7) is 5.53. The Balaban J connectivity index is 2.01. The fourth-order valence-corrected chi connectivity index (χ4v) is 2.76. The molecule has 6 heteroatoms. The summed E-state index contributed by atoms with van der Waals surface area (Å²) in [6, 6.07) is 7.20. The highest BCUT2D eigenvalue weighted by Crippen LogP contribution is 2.25. The summed E-state index contributed by atoms with van der Waals surface area (Å²) in [5.74, 6) is 0.0990. The van der Waals surface area contributed by atoms with Crippen molar-refractivity contribution in [2.24, 2.45) is 5.16 Å². The molecular weight excluding hydrogens is 266 g/mol. The van der Waals surface area contributed by atoms with Crippen molar-refractivity contribution in [2.45, 2.75) is 32.8 Å². The number of oxime groups is 1. The van der Waals surface area contributed by atoms with Gasteiger partial charge in [0, 0.05) is 6.42 Å². The molecule has 1 aromatic rings. The number of ether oxygens (including phenoxy) is 1. The van der Waals surface area contributed by atoms with Crippen molar-refractivity contribution in [2.75, 3.05) is 5.94 Å². The van der Waals surface area contributed by atoms with Crippen molar-refractivity contribution in [3.05, 3.63) is 29.8 Å². The van der Waals surface area contributed by atoms with Gasteiger partial charge in [-0.1, -0.05) is 22.9 Å². The standard InChI is InChI=1S/C13H17NO4S/c1-10-4-6-11(7-5-10)17-9-19(15,16)12-8-13(2,3)18-14-12/h4-7H,8-9H2,1-3H3. The lowest BCUT2D eigenvalue weighted by Gasteiger charge is -2.13. The third kappa shape index (κ3) is 3.47. The van der Waals surface area contributed by atoms with Crippen LogP contribution in [0.1, 0.15) is 25.8 Å². The molecule has 1 heterocycles. The molecule has 2 rings (SSSR count). The second-order valence-corrected chi connectivity index (χ2v) is 7.14. The number of hydrogen-bond acceptors (Lipinski definition) is 5. The van der Waals surface area contributed by atoms with E-state index in [1.807, 2.05) is 19.1 Å². The van der Waals surface area contributed by atoms with Gasteiger partial charge in [-0.15, -0.1) is 0 Å². The maximum Gasteiger partial charge on any atom is 0.230 e. The molecule has 0 saturated heterocycles. The summed E-state index contributed by atoms with van der Waals surface area (Å²) in [5, 5.41) is 3.68. The molecule has 5 nitrogen and oxygen atoms in total. The second kappa shape index (κ2) is 4.85. The maximum atomic E-state index is 12.0. The van der Waals surface area contributed by atoms with Gasteiger partial charge < -0.3 is 9.57 Å². The van der Waals surface area contributed by atoms with Gasteiger partial charge in [-0.3, -0.25) is 0 Å². The largest absolute Gasteiger partial charge is 0.477 e. The first-order valence-corrected chi connectivity index (χ1v) is 7.61. The van der Waals surface area contributed by atoms with E-state index in [1.165, 1.54) is 0 Å². The third-order valence-electron chi connectivity index (χ3n) is 2.73. The Kier molecular flexibility index (Phi) is 3.54. The number of aryl methyl sites for hydroxylation is 1. The van der Waals surface area contributed by atoms with Gasteiger partial charge in [0.25, 0.3) is 0 Å². The van der Waals surface area contributed by atoms with Gasteiger partial charge in [-0.2, -0.15) is 0 Å². The summed E-state index contributed by atoms with van der Waals surface area (Å²) in [5.41, 5.74) is 0.525. The first-order chi connectivity index (χ1) is 8.78. The van der Waals surface area contributed by atoms with Gasteiger partial charge in [0.15, 0.2) is 11.0 Å². The molecule has 0 atom stereocenters. The van der Waals surface area contributed by atoms with Crippen molar-refractivity contribution in [3.8, 4) is 5.75 Å². The summed E-state index contributed by atoms with van der Waals surface area (Å²) in [6.07, 6.45) is 0.270. The molecule has 19 heavy (non-hydrogen) atoms. The van der Waals surface area contributed by atoms with Crippen molar-refractivity contribution in [1.82, 2.24) is 0 Å². The van der Waals surface area contributed by atoms with Crippen molar-refractivity contribution in [3.63, 3.8) is 0 Å². The van der Waals surface area contributed by atoms with Crippen LogP contribution in [0.5, 0.6) is 5.75 Å². The smallest absolute Gasteiger partial charge is 0.230 e. The quantitative estimate of drug-likeness (QED) is 0.853. The van der Waals surface area contributed by atoms with Crippen LogP contribution in [-0.4, -0.2) is 25.0 Å². The van der Waals surface area contributed by atoms with E-state index in [1.54, 1.807) is 26.0 Å². The van der Waals surface area contributed by atoms with Gasteiger partial charge in [-0.05, 0) is 32.9 Å². The molecule has 0 fully saturated rings. The monoisotopic (exact) mass is 283 g/mol. The highest BCUT2D eigenvalue weighted by molar-refractivity contribution is 8.06. The topological polar surface area (TPSA) is 65.0 Å². The second-order valence-electron chi connectivity index (χ2n) is 5.20. The molecule has 1 aromatic carbocycles. The average molecular weight is 283 g/mol. The minimum atomic E-state index is -3.54. The molecule has 1 aliphatic heterocycles. The Labute approximate surface area is 113 Å². The average Bonchev–Trinajstić information content (AvgIpc) is 2.70. The molecule has 0 saturated carbocycles. The zero-order chi connectivity index (χ0) is 14.1. The SMILES string of the molecule is Cc1ccc(OCS(=O)(=O)C2=NOC(C)(C)C2)cc1. The van der Waals surface area contributed by atoms with Crippen molar-refractivity contribution in [1.29, 1.82) is 0 Å².